The molecule has 2 atom stereocenters. The van der Waals surface area contributed by atoms with Crippen LogP contribution >= 0.6 is 0 Å². The first-order chi connectivity index (χ1) is 16.1. The molecule has 4 aromatic heterocycles. The number of pyridine rings is 1. The van der Waals surface area contributed by atoms with E-state index in [1.165, 1.54) is 6.07 Å². The van der Waals surface area contributed by atoms with Crippen LogP contribution in [0.4, 0.5) is 10.2 Å². The maximum Gasteiger partial charge on any atom is 0.308 e. The standard InChI is InChI=1S/C24H22FN5O3/c25-14-8-15-16(11-27-22(15)26-10-14)23-28-17(18-2-1-7-33-18)9-19(30-23)29-21-13-5-3-12(4-6-13)20(21)24(31)32/h1-2,7-13,20-21H,3-6H2,(H,26,27)(H,31,32)(H,28,29,30)/t12?,13?,20-,21-/m1/s1. The Kier molecular flexibility index (Phi) is 4.63. The van der Waals surface area contributed by atoms with Crippen molar-refractivity contribution in [3.05, 3.63) is 48.7 Å². The lowest BCUT2D eigenvalue weighted by atomic mass is 9.61. The number of nitrogens with zero attached hydrogens (tertiary/aromatic N) is 3. The molecule has 3 N–H and O–H groups in total. The fraction of sp³-hybridized carbons (Fsp3) is 0.333. The van der Waals surface area contributed by atoms with Crippen LogP contribution in [0.3, 0.4) is 0 Å². The first kappa shape index (κ1) is 19.9. The van der Waals surface area contributed by atoms with E-state index >= 15 is 0 Å². The Bertz CT molecular complexity index is 1330. The summed E-state index contributed by atoms with van der Waals surface area (Å²) in [4.78, 5) is 28.6. The number of anilines is 1. The predicted molar refractivity (Wildman–Crippen MR) is 119 cm³/mol. The molecule has 4 aromatic rings. The normalized spacial score (nSPS) is 24.3. The van der Waals surface area contributed by atoms with E-state index in [1.807, 2.05) is 0 Å². The number of aromatic amines is 1. The van der Waals surface area contributed by atoms with Crippen LogP contribution in [0.2, 0.25) is 0 Å². The Hall–Kier alpha value is -3.75. The molecule has 0 spiro atoms. The molecule has 168 valence electrons. The van der Waals surface area contributed by atoms with Gasteiger partial charge in [0.2, 0.25) is 0 Å². The zero-order valence-corrected chi connectivity index (χ0v) is 17.7. The summed E-state index contributed by atoms with van der Waals surface area (Å²) in [7, 11) is 0. The van der Waals surface area contributed by atoms with Gasteiger partial charge in [0, 0.05) is 29.3 Å². The van der Waals surface area contributed by atoms with Crippen molar-refractivity contribution in [2.45, 2.75) is 31.7 Å². The lowest BCUT2D eigenvalue weighted by molar-refractivity contribution is -0.148. The van der Waals surface area contributed by atoms with Gasteiger partial charge in [-0.3, -0.25) is 4.79 Å². The summed E-state index contributed by atoms with van der Waals surface area (Å²) >= 11 is 0. The number of carbonyl (C=O) groups is 1. The minimum absolute atomic E-state index is 0.179. The second kappa shape index (κ2) is 7.68. The summed E-state index contributed by atoms with van der Waals surface area (Å²) in [5.74, 6) is 0.255. The largest absolute Gasteiger partial charge is 0.481 e. The highest BCUT2D eigenvalue weighted by atomic mass is 19.1. The minimum Gasteiger partial charge on any atom is -0.481 e. The lowest BCUT2D eigenvalue weighted by Crippen LogP contribution is -2.51. The lowest BCUT2D eigenvalue weighted by Gasteiger charge is -2.47. The molecule has 3 aliphatic rings. The van der Waals surface area contributed by atoms with Crippen molar-refractivity contribution < 1.29 is 18.7 Å². The number of halogens is 1. The van der Waals surface area contributed by atoms with Crippen molar-refractivity contribution in [1.29, 1.82) is 0 Å². The zero-order chi connectivity index (χ0) is 22.5. The van der Waals surface area contributed by atoms with Crippen LogP contribution < -0.4 is 5.32 Å². The van der Waals surface area contributed by atoms with E-state index in [-0.39, 0.29) is 17.9 Å². The average molecular weight is 447 g/mol. The van der Waals surface area contributed by atoms with E-state index in [0.717, 1.165) is 31.9 Å². The van der Waals surface area contributed by atoms with Crippen LogP contribution in [0.1, 0.15) is 25.7 Å². The fourth-order valence-electron chi connectivity index (χ4n) is 5.54. The number of rotatable bonds is 5. The first-order valence-corrected chi connectivity index (χ1v) is 11.1. The number of furan rings is 1. The van der Waals surface area contributed by atoms with E-state index in [1.54, 1.807) is 30.7 Å². The van der Waals surface area contributed by atoms with Gasteiger partial charge in [-0.15, -0.1) is 0 Å². The molecule has 2 bridgehead atoms. The van der Waals surface area contributed by atoms with Crippen molar-refractivity contribution in [3.63, 3.8) is 0 Å². The van der Waals surface area contributed by atoms with Crippen LogP contribution in [-0.2, 0) is 4.79 Å². The van der Waals surface area contributed by atoms with Gasteiger partial charge in [0.25, 0.3) is 0 Å². The van der Waals surface area contributed by atoms with Crippen LogP contribution in [-0.4, -0.2) is 37.1 Å². The summed E-state index contributed by atoms with van der Waals surface area (Å²) in [6.45, 7) is 0. The van der Waals surface area contributed by atoms with E-state index in [4.69, 9.17) is 9.40 Å². The third kappa shape index (κ3) is 3.44. The average Bonchev–Trinajstić information content (AvgIpc) is 3.49. The van der Waals surface area contributed by atoms with E-state index in [2.05, 4.69) is 20.3 Å². The van der Waals surface area contributed by atoms with Gasteiger partial charge in [0.1, 0.15) is 23.0 Å². The van der Waals surface area contributed by atoms with Crippen LogP contribution in [0.25, 0.3) is 33.9 Å². The Morgan fingerprint density at radius 1 is 1.18 bits per heavy atom. The molecule has 0 saturated heterocycles. The van der Waals surface area contributed by atoms with Gasteiger partial charge < -0.3 is 19.8 Å². The number of nitrogens with one attached hydrogen (secondary N) is 2. The molecule has 3 aliphatic carbocycles. The number of aliphatic carboxylic acids is 1. The maximum atomic E-state index is 13.9. The summed E-state index contributed by atoms with van der Waals surface area (Å²) < 4.78 is 19.5. The van der Waals surface area contributed by atoms with Crippen LogP contribution in [0, 0.1) is 23.6 Å². The molecule has 0 radical (unpaired) electrons. The van der Waals surface area contributed by atoms with E-state index < -0.39 is 17.7 Å². The molecule has 7 rings (SSSR count). The third-order valence-electron chi connectivity index (χ3n) is 7.06. The smallest absolute Gasteiger partial charge is 0.308 e. The second-order valence-electron chi connectivity index (χ2n) is 8.90. The number of H-pyrrole nitrogens is 1. The molecule has 4 heterocycles. The van der Waals surface area contributed by atoms with Gasteiger partial charge in [-0.25, -0.2) is 19.3 Å². The SMILES string of the molecule is O=C(O)[C@@H]1C2CCC(CC2)[C@H]1Nc1cc(-c2ccco2)nc(-c2c[nH]c3ncc(F)cc23)n1. The number of hydrogen-bond acceptors (Lipinski definition) is 6. The molecule has 3 fully saturated rings. The Balaban J connectivity index is 1.45. The Morgan fingerprint density at radius 3 is 2.76 bits per heavy atom. The molecular formula is C24H22FN5O3. The molecule has 3 saturated carbocycles. The third-order valence-corrected chi connectivity index (χ3v) is 7.06. The Morgan fingerprint density at radius 2 is 2.00 bits per heavy atom. The summed E-state index contributed by atoms with van der Waals surface area (Å²) in [6, 6.07) is 6.54. The van der Waals surface area contributed by atoms with Crippen LogP contribution in [0.15, 0.2) is 47.3 Å². The zero-order valence-electron chi connectivity index (χ0n) is 17.7. The molecule has 0 amide bonds. The van der Waals surface area contributed by atoms with E-state index in [0.29, 0.717) is 39.7 Å². The first-order valence-electron chi connectivity index (χ1n) is 11.1. The highest BCUT2D eigenvalue weighted by Gasteiger charge is 2.47. The van der Waals surface area contributed by atoms with Crippen molar-refractivity contribution >= 4 is 22.8 Å². The summed E-state index contributed by atoms with van der Waals surface area (Å²) in [5, 5.41) is 13.9. The quantitative estimate of drug-likeness (QED) is 0.405. The topological polar surface area (TPSA) is 117 Å². The number of carboxylic acids is 1. The van der Waals surface area contributed by atoms with Gasteiger partial charge in [-0.1, -0.05) is 0 Å². The molecule has 8 nitrogen and oxygen atoms in total. The van der Waals surface area contributed by atoms with Crippen molar-refractivity contribution in [2.24, 2.45) is 17.8 Å². The molecule has 0 aromatic carbocycles. The van der Waals surface area contributed by atoms with Crippen molar-refractivity contribution in [3.8, 4) is 22.8 Å². The molecule has 0 aliphatic heterocycles. The van der Waals surface area contributed by atoms with E-state index in [9.17, 15) is 14.3 Å². The minimum atomic E-state index is -0.763. The van der Waals surface area contributed by atoms with Crippen LogP contribution in [0.5, 0.6) is 0 Å². The monoisotopic (exact) mass is 447 g/mol. The van der Waals surface area contributed by atoms with Gasteiger partial charge in [-0.05, 0) is 55.7 Å². The molecule has 33 heavy (non-hydrogen) atoms. The number of carboxylic acid groups (broad SMARTS) is 1. The summed E-state index contributed by atoms with van der Waals surface area (Å²) in [6.07, 6.45) is 8.37. The predicted octanol–water partition coefficient (Wildman–Crippen LogP) is 4.72. The highest BCUT2D eigenvalue weighted by molar-refractivity contribution is 5.92. The maximum absolute atomic E-state index is 13.9. The number of fused-ring (bicyclic) bond motifs is 4. The highest BCUT2D eigenvalue weighted by Crippen LogP contribution is 2.46. The van der Waals surface area contributed by atoms with Gasteiger partial charge in [0.05, 0.1) is 18.4 Å². The fourth-order valence-corrected chi connectivity index (χ4v) is 5.54. The Labute approximate surface area is 188 Å². The summed E-state index contributed by atoms with van der Waals surface area (Å²) in [5.41, 5.74) is 1.69. The molecule has 9 heteroatoms. The second-order valence-corrected chi connectivity index (χ2v) is 8.90. The van der Waals surface area contributed by atoms with Gasteiger partial charge in [0.15, 0.2) is 11.6 Å². The molecule has 0 unspecified atom stereocenters. The van der Waals surface area contributed by atoms with Crippen molar-refractivity contribution in [2.75, 3.05) is 5.32 Å². The number of aromatic nitrogens is 4. The van der Waals surface area contributed by atoms with Gasteiger partial charge in [-0.2, -0.15) is 0 Å². The van der Waals surface area contributed by atoms with Gasteiger partial charge >= 0.3 is 5.97 Å². The molecular weight excluding hydrogens is 425 g/mol. The van der Waals surface area contributed by atoms with Crippen molar-refractivity contribution in [1.82, 2.24) is 19.9 Å². The number of hydrogen-bond donors (Lipinski definition) is 3.